The normalized spacial score (nSPS) is 15.9. The van der Waals surface area contributed by atoms with Crippen molar-refractivity contribution in [1.29, 1.82) is 0 Å². The molecule has 1 aliphatic rings. The van der Waals surface area contributed by atoms with E-state index in [1.807, 2.05) is 0 Å². The topological polar surface area (TPSA) is 57.7 Å². The van der Waals surface area contributed by atoms with Crippen molar-refractivity contribution in [3.8, 4) is 0 Å². The van der Waals surface area contributed by atoms with Gasteiger partial charge in [0.2, 0.25) is 10.0 Å². The van der Waals surface area contributed by atoms with E-state index in [4.69, 9.17) is 0 Å². The molecule has 0 fully saturated rings. The number of amides is 1. The highest BCUT2D eigenvalue weighted by Gasteiger charge is 2.48. The second-order valence-electron chi connectivity index (χ2n) is 8.58. The van der Waals surface area contributed by atoms with Crippen LogP contribution in [0.1, 0.15) is 43.5 Å². The van der Waals surface area contributed by atoms with Crippen molar-refractivity contribution in [3.05, 3.63) is 65.0 Å². The molecule has 11 heteroatoms. The Bertz CT molecular complexity index is 1160. The number of hydrogen-bond donors (Lipinski definition) is 0. The first-order valence-corrected chi connectivity index (χ1v) is 12.0. The number of rotatable bonds is 6. The summed E-state index contributed by atoms with van der Waals surface area (Å²) in [6, 6.07) is 4.92. The Labute approximate surface area is 195 Å². The standard InChI is InChI=1S/C23H25F5N2O3S/c1-4-30(20(23(26,27)28)16-5-8-18(24)9-6-16)34(32,33)19-10-7-15-11-12-29(14-17(15)13-19)21(31)22(2,3)25/h5-10,13,20H,4,11-12,14H2,1-3H3/t20-/m0/s1. The minimum Gasteiger partial charge on any atom is -0.335 e. The number of halogens is 5. The fourth-order valence-electron chi connectivity index (χ4n) is 4.03. The lowest BCUT2D eigenvalue weighted by Crippen LogP contribution is -2.45. The van der Waals surface area contributed by atoms with E-state index in [1.54, 1.807) is 0 Å². The highest BCUT2D eigenvalue weighted by molar-refractivity contribution is 7.89. The van der Waals surface area contributed by atoms with Gasteiger partial charge in [-0.25, -0.2) is 17.2 Å². The van der Waals surface area contributed by atoms with Crippen LogP contribution in [-0.2, 0) is 27.8 Å². The molecule has 1 amide bonds. The molecule has 2 aromatic rings. The second-order valence-corrected chi connectivity index (χ2v) is 10.5. The zero-order chi connectivity index (χ0) is 25.5. The van der Waals surface area contributed by atoms with Crippen molar-refractivity contribution >= 4 is 15.9 Å². The molecule has 0 spiro atoms. The van der Waals surface area contributed by atoms with Gasteiger partial charge in [-0.15, -0.1) is 0 Å². The minimum atomic E-state index is -4.97. The van der Waals surface area contributed by atoms with Crippen LogP contribution in [-0.4, -0.2) is 48.5 Å². The van der Waals surface area contributed by atoms with Gasteiger partial charge >= 0.3 is 6.18 Å². The third-order valence-electron chi connectivity index (χ3n) is 5.69. The molecule has 0 N–H and O–H groups in total. The van der Waals surface area contributed by atoms with Crippen molar-refractivity contribution in [1.82, 2.24) is 9.21 Å². The molecule has 1 atom stereocenters. The van der Waals surface area contributed by atoms with Crippen LogP contribution in [0.25, 0.3) is 0 Å². The number of carbonyl (C=O) groups excluding carboxylic acids is 1. The van der Waals surface area contributed by atoms with Gasteiger partial charge in [-0.1, -0.05) is 25.1 Å². The molecular formula is C23H25F5N2O3S. The first-order valence-electron chi connectivity index (χ1n) is 10.6. The number of sulfonamides is 1. The first kappa shape index (κ1) is 26.1. The van der Waals surface area contributed by atoms with E-state index in [1.165, 1.54) is 30.0 Å². The summed E-state index contributed by atoms with van der Waals surface area (Å²) in [7, 11) is -4.65. The van der Waals surface area contributed by atoms with E-state index in [9.17, 15) is 35.2 Å². The van der Waals surface area contributed by atoms with E-state index in [0.29, 0.717) is 16.3 Å². The van der Waals surface area contributed by atoms with Crippen molar-refractivity contribution < 1.29 is 35.2 Å². The number of fused-ring (bicyclic) bond motifs is 1. The zero-order valence-corrected chi connectivity index (χ0v) is 19.7. The molecule has 0 radical (unpaired) electrons. The van der Waals surface area contributed by atoms with Gasteiger partial charge in [0.1, 0.15) is 11.9 Å². The predicted molar refractivity (Wildman–Crippen MR) is 116 cm³/mol. The van der Waals surface area contributed by atoms with Crippen LogP contribution < -0.4 is 0 Å². The molecule has 34 heavy (non-hydrogen) atoms. The Balaban J connectivity index is 2.01. The molecule has 3 rings (SSSR count). The van der Waals surface area contributed by atoms with Gasteiger partial charge in [-0.3, -0.25) is 4.79 Å². The Morgan fingerprint density at radius 1 is 1.06 bits per heavy atom. The monoisotopic (exact) mass is 504 g/mol. The molecule has 186 valence electrons. The maximum Gasteiger partial charge on any atom is 0.409 e. The summed E-state index contributed by atoms with van der Waals surface area (Å²) in [6.45, 7) is 3.21. The summed E-state index contributed by atoms with van der Waals surface area (Å²) in [4.78, 5) is 13.2. The third kappa shape index (κ3) is 5.25. The summed E-state index contributed by atoms with van der Waals surface area (Å²) in [5.41, 5.74) is -1.38. The summed E-state index contributed by atoms with van der Waals surface area (Å²) in [6.07, 6.45) is -4.61. The maximum atomic E-state index is 14.1. The van der Waals surface area contributed by atoms with Gasteiger partial charge < -0.3 is 4.90 Å². The number of hydrogen-bond acceptors (Lipinski definition) is 3. The average molecular weight is 505 g/mol. The van der Waals surface area contributed by atoms with Crippen molar-refractivity contribution in [3.63, 3.8) is 0 Å². The predicted octanol–water partition coefficient (Wildman–Crippen LogP) is 4.77. The SMILES string of the molecule is CCN([C@@H](c1ccc(F)cc1)C(F)(F)F)S(=O)(=O)c1ccc2c(c1)CN(C(=O)C(C)(C)F)CC2. The van der Waals surface area contributed by atoms with Crippen LogP contribution in [0.4, 0.5) is 22.0 Å². The number of carbonyl (C=O) groups is 1. The van der Waals surface area contributed by atoms with E-state index in [0.717, 1.165) is 43.7 Å². The minimum absolute atomic E-state index is 0.0579. The fraction of sp³-hybridized carbons (Fsp3) is 0.435. The number of benzene rings is 2. The van der Waals surface area contributed by atoms with Gasteiger partial charge in [-0.2, -0.15) is 17.5 Å². The number of alkyl halides is 4. The van der Waals surface area contributed by atoms with Crippen LogP contribution in [0.3, 0.4) is 0 Å². The van der Waals surface area contributed by atoms with Gasteiger partial charge in [0.25, 0.3) is 5.91 Å². The quantitative estimate of drug-likeness (QED) is 0.533. The molecule has 0 saturated carbocycles. The summed E-state index contributed by atoms with van der Waals surface area (Å²) in [5, 5.41) is 0. The fourth-order valence-corrected chi connectivity index (χ4v) is 5.69. The summed E-state index contributed by atoms with van der Waals surface area (Å²) >= 11 is 0. The first-order chi connectivity index (χ1) is 15.7. The average Bonchev–Trinajstić information content (AvgIpc) is 2.75. The largest absolute Gasteiger partial charge is 0.409 e. The Kier molecular flexibility index (Phi) is 7.10. The molecule has 5 nitrogen and oxygen atoms in total. The van der Waals surface area contributed by atoms with Crippen LogP contribution in [0, 0.1) is 5.82 Å². The summed E-state index contributed by atoms with van der Waals surface area (Å²) in [5.74, 6) is -1.50. The lowest BCUT2D eigenvalue weighted by Gasteiger charge is -2.33. The maximum absolute atomic E-state index is 14.1. The van der Waals surface area contributed by atoms with Crippen LogP contribution in [0.5, 0.6) is 0 Å². The van der Waals surface area contributed by atoms with E-state index in [2.05, 4.69) is 0 Å². The second kappa shape index (κ2) is 9.26. The molecular weight excluding hydrogens is 479 g/mol. The number of nitrogens with zero attached hydrogens (tertiary/aromatic N) is 2. The molecule has 0 saturated heterocycles. The van der Waals surface area contributed by atoms with Crippen molar-refractivity contribution in [2.24, 2.45) is 0 Å². The Morgan fingerprint density at radius 3 is 2.21 bits per heavy atom. The van der Waals surface area contributed by atoms with Crippen molar-refractivity contribution in [2.45, 2.75) is 56.5 Å². The lowest BCUT2D eigenvalue weighted by atomic mass is 9.98. The smallest absolute Gasteiger partial charge is 0.335 e. The molecule has 0 aromatic heterocycles. The Hall–Kier alpha value is -2.53. The van der Waals surface area contributed by atoms with Crippen LogP contribution in [0.2, 0.25) is 0 Å². The lowest BCUT2D eigenvalue weighted by molar-refractivity contribution is -0.173. The van der Waals surface area contributed by atoms with Gasteiger partial charge in [0.15, 0.2) is 5.67 Å². The van der Waals surface area contributed by atoms with E-state index in [-0.39, 0.29) is 18.0 Å². The highest BCUT2D eigenvalue weighted by Crippen LogP contribution is 2.41. The molecule has 0 bridgehead atoms. The third-order valence-corrected chi connectivity index (χ3v) is 7.62. The molecule has 1 heterocycles. The summed E-state index contributed by atoms with van der Waals surface area (Å²) < 4.78 is 96.6. The van der Waals surface area contributed by atoms with Gasteiger partial charge in [0.05, 0.1) is 4.90 Å². The van der Waals surface area contributed by atoms with Gasteiger partial charge in [-0.05, 0) is 61.2 Å². The van der Waals surface area contributed by atoms with E-state index >= 15 is 0 Å². The van der Waals surface area contributed by atoms with Gasteiger partial charge in [0, 0.05) is 19.6 Å². The molecule has 1 aliphatic heterocycles. The Morgan fingerprint density at radius 2 is 1.68 bits per heavy atom. The van der Waals surface area contributed by atoms with E-state index < -0.39 is 51.7 Å². The van der Waals surface area contributed by atoms with Crippen molar-refractivity contribution in [2.75, 3.05) is 13.1 Å². The molecule has 0 unspecified atom stereocenters. The van der Waals surface area contributed by atoms with Crippen LogP contribution in [0.15, 0.2) is 47.4 Å². The zero-order valence-electron chi connectivity index (χ0n) is 18.9. The molecule has 2 aromatic carbocycles. The molecule has 0 aliphatic carbocycles. The highest BCUT2D eigenvalue weighted by atomic mass is 32.2. The van der Waals surface area contributed by atoms with Crippen LogP contribution >= 0.6 is 0 Å².